The summed E-state index contributed by atoms with van der Waals surface area (Å²) in [5.74, 6) is 0.672. The van der Waals surface area contributed by atoms with Crippen LogP contribution in [0.25, 0.3) is 16.9 Å². The van der Waals surface area contributed by atoms with Gasteiger partial charge in [-0.05, 0) is 53.3 Å². The molecule has 0 aliphatic carbocycles. The zero-order valence-electron chi connectivity index (χ0n) is 15.8. The number of pyridine rings is 2. The van der Waals surface area contributed by atoms with Crippen LogP contribution < -0.4 is 4.72 Å². The largest absolute Gasteiger partial charge is 0.322 e. The van der Waals surface area contributed by atoms with Gasteiger partial charge in [-0.25, -0.2) is 9.67 Å². The second kappa shape index (κ2) is 7.45. The zero-order valence-corrected chi connectivity index (χ0v) is 17.4. The predicted molar refractivity (Wildman–Crippen MR) is 116 cm³/mol. The number of anilines is 1. The molecule has 0 spiro atoms. The Morgan fingerprint density at radius 2 is 1.82 bits per heavy atom. The number of fused-ring (bicyclic) bond motifs is 1. The Morgan fingerprint density at radius 3 is 2.57 bits per heavy atom. The maximum absolute atomic E-state index is 6.20. The van der Waals surface area contributed by atoms with Gasteiger partial charge in [-0.3, -0.25) is 4.98 Å². The lowest BCUT2D eigenvalue weighted by atomic mass is 9.87. The van der Waals surface area contributed by atoms with E-state index < -0.39 is 0 Å². The number of halogens is 1. The maximum Gasteiger partial charge on any atom is 0.178 e. The molecule has 0 fully saturated rings. The number of aromatic nitrogens is 4. The number of rotatable bonds is 4. The van der Waals surface area contributed by atoms with Crippen LogP contribution in [-0.2, 0) is 5.41 Å². The standard InChI is InChI=1S/C21H20ClN5S/c1-21(2,3)14-6-8-16(9-7-14)28-26-17-11-15(22)12-24-20(17)27-19-5-4-10-23-18(19)13-25-27/h4-13,26H,1-3H3. The minimum atomic E-state index is 0.135. The van der Waals surface area contributed by atoms with E-state index in [1.54, 1.807) is 23.3 Å². The molecular formula is C21H20ClN5S. The molecule has 28 heavy (non-hydrogen) atoms. The first-order valence-electron chi connectivity index (χ1n) is 8.90. The molecule has 0 amide bonds. The van der Waals surface area contributed by atoms with E-state index in [4.69, 9.17) is 11.6 Å². The van der Waals surface area contributed by atoms with Crippen molar-refractivity contribution in [1.29, 1.82) is 0 Å². The summed E-state index contributed by atoms with van der Waals surface area (Å²) in [6.45, 7) is 6.63. The quantitative estimate of drug-likeness (QED) is 0.426. The van der Waals surface area contributed by atoms with E-state index >= 15 is 0 Å². The first-order chi connectivity index (χ1) is 13.4. The first kappa shape index (κ1) is 18.8. The van der Waals surface area contributed by atoms with E-state index in [1.807, 2.05) is 18.2 Å². The first-order valence-corrected chi connectivity index (χ1v) is 10.1. The third-order valence-corrected chi connectivity index (χ3v) is 5.41. The number of hydrogen-bond donors (Lipinski definition) is 1. The van der Waals surface area contributed by atoms with Gasteiger partial charge in [-0.15, -0.1) is 0 Å². The number of benzene rings is 1. The molecule has 0 bridgehead atoms. The summed E-state index contributed by atoms with van der Waals surface area (Å²) in [6, 6.07) is 14.3. The van der Waals surface area contributed by atoms with Crippen LogP contribution in [-0.4, -0.2) is 19.7 Å². The zero-order chi connectivity index (χ0) is 19.7. The molecule has 1 N–H and O–H groups in total. The molecule has 5 nitrogen and oxygen atoms in total. The molecule has 0 radical (unpaired) electrons. The van der Waals surface area contributed by atoms with Crippen LogP contribution in [0.2, 0.25) is 5.02 Å². The SMILES string of the molecule is CC(C)(C)c1ccc(SNc2cc(Cl)cnc2-n2ncc3ncccc32)cc1. The summed E-state index contributed by atoms with van der Waals surface area (Å²) >= 11 is 7.71. The van der Waals surface area contributed by atoms with Gasteiger partial charge in [0.15, 0.2) is 5.82 Å². The van der Waals surface area contributed by atoms with Gasteiger partial charge < -0.3 is 4.72 Å². The average molecular weight is 410 g/mol. The molecule has 1 aromatic carbocycles. The van der Waals surface area contributed by atoms with Crippen LogP contribution in [0.1, 0.15) is 26.3 Å². The molecule has 4 rings (SSSR count). The highest BCUT2D eigenvalue weighted by molar-refractivity contribution is 8.00. The van der Waals surface area contributed by atoms with Gasteiger partial charge in [0.25, 0.3) is 0 Å². The van der Waals surface area contributed by atoms with Gasteiger partial charge in [0.05, 0.1) is 22.4 Å². The van der Waals surface area contributed by atoms with Gasteiger partial charge in [0.1, 0.15) is 5.52 Å². The van der Waals surface area contributed by atoms with Crippen LogP contribution in [0.4, 0.5) is 5.69 Å². The summed E-state index contributed by atoms with van der Waals surface area (Å²) in [5.41, 5.74) is 3.93. The molecule has 0 aliphatic rings. The van der Waals surface area contributed by atoms with E-state index in [0.717, 1.165) is 21.6 Å². The topological polar surface area (TPSA) is 55.6 Å². The van der Waals surface area contributed by atoms with E-state index in [0.29, 0.717) is 10.8 Å². The molecule has 3 aromatic heterocycles. The summed E-state index contributed by atoms with van der Waals surface area (Å²) in [7, 11) is 0. The van der Waals surface area contributed by atoms with Gasteiger partial charge in [-0.2, -0.15) is 5.10 Å². The molecule has 3 heterocycles. The second-order valence-electron chi connectivity index (χ2n) is 7.47. The van der Waals surface area contributed by atoms with Crippen LogP contribution in [0.3, 0.4) is 0 Å². The Kier molecular flexibility index (Phi) is 5.00. The molecule has 4 aromatic rings. The van der Waals surface area contributed by atoms with E-state index in [2.05, 4.69) is 64.8 Å². The summed E-state index contributed by atoms with van der Waals surface area (Å²) in [5, 5.41) is 5.01. The minimum absolute atomic E-state index is 0.135. The van der Waals surface area contributed by atoms with E-state index in [1.165, 1.54) is 17.5 Å². The highest BCUT2D eigenvalue weighted by Gasteiger charge is 2.14. The third kappa shape index (κ3) is 3.84. The Hall–Kier alpha value is -2.57. The van der Waals surface area contributed by atoms with Crippen molar-refractivity contribution in [3.05, 3.63) is 71.6 Å². The molecule has 0 saturated heterocycles. The van der Waals surface area contributed by atoms with Crippen LogP contribution in [0, 0.1) is 0 Å². The van der Waals surface area contributed by atoms with E-state index in [-0.39, 0.29) is 5.41 Å². The van der Waals surface area contributed by atoms with Crippen molar-refractivity contribution >= 4 is 40.3 Å². The Balaban J connectivity index is 1.62. The van der Waals surface area contributed by atoms with Crippen LogP contribution in [0.5, 0.6) is 0 Å². The summed E-state index contributed by atoms with van der Waals surface area (Å²) < 4.78 is 5.14. The van der Waals surface area contributed by atoms with Gasteiger partial charge in [-0.1, -0.05) is 44.5 Å². The van der Waals surface area contributed by atoms with Crippen molar-refractivity contribution in [3.63, 3.8) is 0 Å². The molecule has 0 atom stereocenters. The van der Waals surface area contributed by atoms with Gasteiger partial charge in [0.2, 0.25) is 0 Å². The Morgan fingerprint density at radius 1 is 1.04 bits per heavy atom. The molecular weight excluding hydrogens is 390 g/mol. The van der Waals surface area contributed by atoms with Gasteiger partial charge >= 0.3 is 0 Å². The van der Waals surface area contributed by atoms with Crippen molar-refractivity contribution < 1.29 is 0 Å². The van der Waals surface area contributed by atoms with Crippen molar-refractivity contribution in [2.75, 3.05) is 4.72 Å². The number of nitrogens with zero attached hydrogens (tertiary/aromatic N) is 4. The van der Waals surface area contributed by atoms with Crippen LogP contribution in [0.15, 0.2) is 66.0 Å². The number of nitrogens with one attached hydrogen (secondary N) is 1. The lowest BCUT2D eigenvalue weighted by molar-refractivity contribution is 0.590. The fourth-order valence-electron chi connectivity index (χ4n) is 2.84. The van der Waals surface area contributed by atoms with Crippen molar-refractivity contribution in [2.24, 2.45) is 0 Å². The smallest absolute Gasteiger partial charge is 0.178 e. The summed E-state index contributed by atoms with van der Waals surface area (Å²) in [6.07, 6.45) is 5.10. The summed E-state index contributed by atoms with van der Waals surface area (Å²) in [4.78, 5) is 9.93. The molecule has 142 valence electrons. The Labute approximate surface area is 173 Å². The molecule has 0 saturated carbocycles. The predicted octanol–water partition coefficient (Wildman–Crippen LogP) is 5.89. The third-order valence-electron chi connectivity index (χ3n) is 4.37. The second-order valence-corrected chi connectivity index (χ2v) is 8.78. The lowest BCUT2D eigenvalue weighted by Gasteiger charge is -2.19. The maximum atomic E-state index is 6.20. The normalized spacial score (nSPS) is 11.7. The molecule has 7 heteroatoms. The highest BCUT2D eigenvalue weighted by Crippen LogP contribution is 2.30. The fraction of sp³-hybridized carbons (Fsp3) is 0.190. The van der Waals surface area contributed by atoms with Crippen molar-refractivity contribution in [1.82, 2.24) is 19.7 Å². The number of hydrogen-bond acceptors (Lipinski definition) is 5. The van der Waals surface area contributed by atoms with Gasteiger partial charge in [0, 0.05) is 17.3 Å². The highest BCUT2D eigenvalue weighted by atomic mass is 35.5. The van der Waals surface area contributed by atoms with Crippen molar-refractivity contribution in [2.45, 2.75) is 31.1 Å². The van der Waals surface area contributed by atoms with Crippen LogP contribution >= 0.6 is 23.5 Å². The Bertz CT molecular complexity index is 1120. The van der Waals surface area contributed by atoms with E-state index in [9.17, 15) is 0 Å². The average Bonchev–Trinajstić information content (AvgIpc) is 3.10. The minimum Gasteiger partial charge on any atom is -0.322 e. The molecule has 0 unspecified atom stereocenters. The molecule has 0 aliphatic heterocycles. The fourth-order valence-corrected chi connectivity index (χ4v) is 3.65. The van der Waals surface area contributed by atoms with Crippen molar-refractivity contribution in [3.8, 4) is 5.82 Å². The lowest BCUT2D eigenvalue weighted by Crippen LogP contribution is -2.10. The monoisotopic (exact) mass is 409 g/mol.